The highest BCUT2D eigenvalue weighted by Crippen LogP contribution is 2.17. The number of methoxy groups -OCH3 is 1. The third kappa shape index (κ3) is 5.47. The molecule has 8 heteroatoms. The average Bonchev–Trinajstić information content (AvgIpc) is 2.65. The maximum Gasteiger partial charge on any atom is 0.257 e. The number of rotatable bonds is 8. The standard InChI is InChI=1S/C17H20N2O5S/c1-18-17(20)12-24-15-7-9-16(10-8-15)25(21,22)19-11-13-3-5-14(23-2)6-4-13/h3-10,19H,11-12H2,1-2H3,(H,18,20). The van der Waals surface area contributed by atoms with Gasteiger partial charge in [-0.15, -0.1) is 0 Å². The third-order valence-corrected chi connectivity index (χ3v) is 4.83. The largest absolute Gasteiger partial charge is 0.497 e. The monoisotopic (exact) mass is 364 g/mol. The fourth-order valence-electron chi connectivity index (χ4n) is 1.94. The fraction of sp³-hybridized carbons (Fsp3) is 0.235. The molecule has 0 spiro atoms. The van der Waals surface area contributed by atoms with Crippen molar-refractivity contribution in [3.8, 4) is 11.5 Å². The Hall–Kier alpha value is -2.58. The van der Waals surface area contributed by atoms with E-state index in [0.717, 1.165) is 5.56 Å². The fourth-order valence-corrected chi connectivity index (χ4v) is 2.96. The quantitative estimate of drug-likeness (QED) is 0.736. The molecule has 0 saturated carbocycles. The van der Waals surface area contributed by atoms with Crippen molar-refractivity contribution in [2.45, 2.75) is 11.4 Å². The zero-order valence-corrected chi connectivity index (χ0v) is 14.8. The molecule has 2 rings (SSSR count). The predicted octanol–water partition coefficient (Wildman–Crippen LogP) is 1.30. The van der Waals surface area contributed by atoms with Gasteiger partial charge in [0.25, 0.3) is 5.91 Å². The Bertz CT molecular complexity index is 802. The van der Waals surface area contributed by atoms with E-state index in [4.69, 9.17) is 9.47 Å². The lowest BCUT2D eigenvalue weighted by Crippen LogP contribution is -2.25. The van der Waals surface area contributed by atoms with Gasteiger partial charge in [-0.3, -0.25) is 4.79 Å². The van der Waals surface area contributed by atoms with Crippen LogP contribution in [0.4, 0.5) is 0 Å². The van der Waals surface area contributed by atoms with E-state index in [0.29, 0.717) is 11.5 Å². The van der Waals surface area contributed by atoms with Crippen LogP contribution in [-0.4, -0.2) is 35.1 Å². The maximum absolute atomic E-state index is 12.3. The van der Waals surface area contributed by atoms with Crippen LogP contribution in [0.15, 0.2) is 53.4 Å². The normalized spacial score (nSPS) is 11.0. The Morgan fingerprint density at radius 1 is 1.00 bits per heavy atom. The molecule has 0 atom stereocenters. The number of likely N-dealkylation sites (N-methyl/N-ethyl adjacent to an activating group) is 1. The minimum atomic E-state index is -3.64. The summed E-state index contributed by atoms with van der Waals surface area (Å²) >= 11 is 0. The Labute approximate surface area is 147 Å². The van der Waals surface area contributed by atoms with Crippen LogP contribution >= 0.6 is 0 Å². The molecule has 2 aromatic rings. The SMILES string of the molecule is CNC(=O)COc1ccc(S(=O)(=O)NCc2ccc(OC)cc2)cc1. The first-order chi connectivity index (χ1) is 11.9. The molecule has 0 saturated heterocycles. The number of sulfonamides is 1. The molecule has 25 heavy (non-hydrogen) atoms. The Morgan fingerprint density at radius 3 is 2.16 bits per heavy atom. The average molecular weight is 364 g/mol. The molecule has 0 aliphatic rings. The molecule has 0 aliphatic carbocycles. The molecule has 1 amide bonds. The van der Waals surface area contributed by atoms with E-state index in [1.807, 2.05) is 0 Å². The third-order valence-electron chi connectivity index (χ3n) is 3.41. The van der Waals surface area contributed by atoms with Gasteiger partial charge < -0.3 is 14.8 Å². The van der Waals surface area contributed by atoms with Gasteiger partial charge in [0, 0.05) is 13.6 Å². The lowest BCUT2D eigenvalue weighted by molar-refractivity contribution is -0.122. The summed E-state index contributed by atoms with van der Waals surface area (Å²) in [6.07, 6.45) is 0. The highest BCUT2D eigenvalue weighted by Gasteiger charge is 2.14. The second kappa shape index (κ2) is 8.50. The summed E-state index contributed by atoms with van der Waals surface area (Å²) < 4.78 is 37.5. The lowest BCUT2D eigenvalue weighted by Gasteiger charge is -2.09. The van der Waals surface area contributed by atoms with Crippen LogP contribution in [-0.2, 0) is 21.4 Å². The van der Waals surface area contributed by atoms with Crippen molar-refractivity contribution in [1.82, 2.24) is 10.0 Å². The minimum absolute atomic E-state index is 0.119. The van der Waals surface area contributed by atoms with Crippen LogP contribution in [0.1, 0.15) is 5.56 Å². The van der Waals surface area contributed by atoms with Gasteiger partial charge in [-0.25, -0.2) is 13.1 Å². The van der Waals surface area contributed by atoms with Crippen molar-refractivity contribution < 1.29 is 22.7 Å². The van der Waals surface area contributed by atoms with E-state index < -0.39 is 10.0 Å². The van der Waals surface area contributed by atoms with Gasteiger partial charge in [0.1, 0.15) is 11.5 Å². The molecule has 0 fully saturated rings. The van der Waals surface area contributed by atoms with Crippen molar-refractivity contribution in [2.75, 3.05) is 20.8 Å². The molecule has 0 radical (unpaired) electrons. The lowest BCUT2D eigenvalue weighted by atomic mass is 10.2. The number of hydrogen-bond donors (Lipinski definition) is 2. The number of carbonyl (C=O) groups is 1. The number of hydrogen-bond acceptors (Lipinski definition) is 5. The molecular weight excluding hydrogens is 344 g/mol. The molecule has 0 bridgehead atoms. The Morgan fingerprint density at radius 2 is 1.60 bits per heavy atom. The smallest absolute Gasteiger partial charge is 0.257 e. The summed E-state index contributed by atoms with van der Waals surface area (Å²) in [5.74, 6) is 0.856. The summed E-state index contributed by atoms with van der Waals surface area (Å²) in [5.41, 5.74) is 0.815. The molecule has 7 nitrogen and oxygen atoms in total. The highest BCUT2D eigenvalue weighted by molar-refractivity contribution is 7.89. The first-order valence-corrected chi connectivity index (χ1v) is 8.99. The van der Waals surface area contributed by atoms with E-state index in [1.165, 1.54) is 31.3 Å². The van der Waals surface area contributed by atoms with Crippen LogP contribution in [0.5, 0.6) is 11.5 Å². The van der Waals surface area contributed by atoms with Gasteiger partial charge in [-0.1, -0.05) is 12.1 Å². The molecular formula is C17H20N2O5S. The highest BCUT2D eigenvalue weighted by atomic mass is 32.2. The van der Waals surface area contributed by atoms with Gasteiger partial charge in [0.2, 0.25) is 10.0 Å². The van der Waals surface area contributed by atoms with Crippen molar-refractivity contribution >= 4 is 15.9 Å². The summed E-state index contributed by atoms with van der Waals surface area (Å²) in [7, 11) is -0.564. The number of benzene rings is 2. The first kappa shape index (κ1) is 18.8. The molecule has 0 aliphatic heterocycles. The predicted molar refractivity (Wildman–Crippen MR) is 93.0 cm³/mol. The molecule has 2 N–H and O–H groups in total. The van der Waals surface area contributed by atoms with Gasteiger partial charge >= 0.3 is 0 Å². The van der Waals surface area contributed by atoms with Crippen LogP contribution < -0.4 is 19.5 Å². The molecule has 0 aromatic heterocycles. The summed E-state index contributed by atoms with van der Waals surface area (Å²) in [6, 6.07) is 13.0. The second-order valence-electron chi connectivity index (χ2n) is 5.11. The zero-order chi connectivity index (χ0) is 18.3. The van der Waals surface area contributed by atoms with Crippen LogP contribution in [0.3, 0.4) is 0 Å². The van der Waals surface area contributed by atoms with E-state index in [2.05, 4.69) is 10.0 Å². The summed E-state index contributed by atoms with van der Waals surface area (Å²) in [5, 5.41) is 2.43. The van der Waals surface area contributed by atoms with Crippen molar-refractivity contribution in [3.63, 3.8) is 0 Å². The summed E-state index contributed by atoms with van der Waals surface area (Å²) in [4.78, 5) is 11.2. The number of nitrogens with one attached hydrogen (secondary N) is 2. The van der Waals surface area contributed by atoms with Gasteiger partial charge in [-0.2, -0.15) is 0 Å². The van der Waals surface area contributed by atoms with Crippen LogP contribution in [0.25, 0.3) is 0 Å². The topological polar surface area (TPSA) is 93.7 Å². The van der Waals surface area contributed by atoms with E-state index >= 15 is 0 Å². The Balaban J connectivity index is 1.97. The van der Waals surface area contributed by atoms with E-state index in [9.17, 15) is 13.2 Å². The molecule has 2 aromatic carbocycles. The van der Waals surface area contributed by atoms with E-state index in [1.54, 1.807) is 31.4 Å². The maximum atomic E-state index is 12.3. The zero-order valence-electron chi connectivity index (χ0n) is 14.0. The molecule has 0 unspecified atom stereocenters. The van der Waals surface area contributed by atoms with Crippen LogP contribution in [0, 0.1) is 0 Å². The summed E-state index contributed by atoms with van der Waals surface area (Å²) in [6.45, 7) is 0.0412. The van der Waals surface area contributed by atoms with Crippen molar-refractivity contribution in [1.29, 1.82) is 0 Å². The van der Waals surface area contributed by atoms with Gasteiger partial charge in [-0.05, 0) is 42.0 Å². The second-order valence-corrected chi connectivity index (χ2v) is 6.87. The number of amides is 1. The first-order valence-electron chi connectivity index (χ1n) is 7.50. The molecule has 134 valence electrons. The van der Waals surface area contributed by atoms with Crippen molar-refractivity contribution in [2.24, 2.45) is 0 Å². The van der Waals surface area contributed by atoms with Crippen molar-refractivity contribution in [3.05, 3.63) is 54.1 Å². The number of ether oxygens (including phenoxy) is 2. The van der Waals surface area contributed by atoms with Gasteiger partial charge in [0.15, 0.2) is 6.61 Å². The minimum Gasteiger partial charge on any atom is -0.497 e. The van der Waals surface area contributed by atoms with E-state index in [-0.39, 0.29) is 24.0 Å². The molecule has 0 heterocycles. The van der Waals surface area contributed by atoms with Gasteiger partial charge in [0.05, 0.1) is 12.0 Å². The van der Waals surface area contributed by atoms with Crippen LogP contribution in [0.2, 0.25) is 0 Å². The number of carbonyl (C=O) groups excluding carboxylic acids is 1. The Kier molecular flexibility index (Phi) is 6.37.